The molecule has 1 amide bonds. The number of carbonyl (C=O) groups excluding carboxylic acids is 1. The summed E-state index contributed by atoms with van der Waals surface area (Å²) >= 11 is 0. The number of hydrogen-bond donors (Lipinski definition) is 2. The second kappa shape index (κ2) is 4.09. The van der Waals surface area contributed by atoms with Crippen LogP contribution in [-0.4, -0.2) is 11.9 Å². The lowest BCUT2D eigenvalue weighted by Gasteiger charge is -2.12. The van der Waals surface area contributed by atoms with Crippen LogP contribution in [0.2, 0.25) is 0 Å². The van der Waals surface area contributed by atoms with Crippen LogP contribution in [0.3, 0.4) is 0 Å². The van der Waals surface area contributed by atoms with Crippen molar-refractivity contribution in [3.8, 4) is 0 Å². The summed E-state index contributed by atoms with van der Waals surface area (Å²) in [6.45, 7) is 3.49. The van der Waals surface area contributed by atoms with E-state index in [1.807, 2.05) is 13.0 Å². The maximum Gasteiger partial charge on any atom is 0.237 e. The maximum absolute atomic E-state index is 11.2. The molecule has 1 aromatic heterocycles. The number of furan rings is 1. The Morgan fingerprint density at radius 3 is 2.77 bits per heavy atom. The highest BCUT2D eigenvalue weighted by atomic mass is 16.3. The summed E-state index contributed by atoms with van der Waals surface area (Å²) in [6.07, 6.45) is 1.57. The number of carbonyl (C=O) groups is 1. The minimum Gasteiger partial charge on any atom is -0.467 e. The fraction of sp³-hybridized carbons (Fsp3) is 0.444. The molecule has 3 N–H and O–H groups in total. The summed E-state index contributed by atoms with van der Waals surface area (Å²) in [5, 5.41) is 2.72. The zero-order valence-electron chi connectivity index (χ0n) is 7.78. The molecule has 2 atom stereocenters. The largest absolute Gasteiger partial charge is 0.467 e. The highest BCUT2D eigenvalue weighted by molar-refractivity contribution is 5.81. The van der Waals surface area contributed by atoms with Gasteiger partial charge in [0.15, 0.2) is 0 Å². The van der Waals surface area contributed by atoms with Crippen molar-refractivity contribution in [2.24, 2.45) is 5.73 Å². The Labute approximate surface area is 77.1 Å². The van der Waals surface area contributed by atoms with Gasteiger partial charge >= 0.3 is 0 Å². The van der Waals surface area contributed by atoms with E-state index in [1.54, 1.807) is 19.3 Å². The molecule has 0 fully saturated rings. The van der Waals surface area contributed by atoms with Crippen molar-refractivity contribution in [2.45, 2.75) is 25.9 Å². The average molecular weight is 182 g/mol. The van der Waals surface area contributed by atoms with Crippen LogP contribution >= 0.6 is 0 Å². The molecule has 1 rings (SSSR count). The third kappa shape index (κ3) is 2.59. The molecule has 0 aliphatic rings. The molecule has 0 spiro atoms. The number of rotatable bonds is 3. The van der Waals surface area contributed by atoms with Crippen molar-refractivity contribution in [2.75, 3.05) is 0 Å². The van der Waals surface area contributed by atoms with Gasteiger partial charge in [0.05, 0.1) is 18.3 Å². The van der Waals surface area contributed by atoms with Crippen LogP contribution in [0.5, 0.6) is 0 Å². The normalized spacial score (nSPS) is 15.0. The minimum atomic E-state index is -0.489. The lowest BCUT2D eigenvalue weighted by atomic mass is 10.2. The summed E-state index contributed by atoms with van der Waals surface area (Å²) in [6, 6.07) is 2.97. The van der Waals surface area contributed by atoms with Crippen molar-refractivity contribution in [1.29, 1.82) is 0 Å². The predicted octanol–water partition coefficient (Wildman–Crippen LogP) is 0.804. The second-order valence-corrected chi connectivity index (χ2v) is 3.03. The second-order valence-electron chi connectivity index (χ2n) is 3.03. The van der Waals surface area contributed by atoms with Gasteiger partial charge in [-0.1, -0.05) is 0 Å². The summed E-state index contributed by atoms with van der Waals surface area (Å²) in [5.74, 6) is 0.554. The van der Waals surface area contributed by atoms with Crippen LogP contribution in [-0.2, 0) is 4.79 Å². The van der Waals surface area contributed by atoms with Crippen LogP contribution in [0.25, 0.3) is 0 Å². The van der Waals surface area contributed by atoms with E-state index in [4.69, 9.17) is 10.2 Å². The predicted molar refractivity (Wildman–Crippen MR) is 48.9 cm³/mol. The zero-order valence-corrected chi connectivity index (χ0v) is 7.78. The number of nitrogens with one attached hydrogen (secondary N) is 1. The Kier molecular flexibility index (Phi) is 3.08. The smallest absolute Gasteiger partial charge is 0.237 e. The van der Waals surface area contributed by atoms with Crippen LogP contribution < -0.4 is 11.1 Å². The first kappa shape index (κ1) is 9.80. The molecule has 13 heavy (non-hydrogen) atoms. The fourth-order valence-corrected chi connectivity index (χ4v) is 0.954. The number of nitrogens with two attached hydrogens (primary N) is 1. The van der Waals surface area contributed by atoms with Gasteiger partial charge in [-0.15, -0.1) is 0 Å². The summed E-state index contributed by atoms with van der Waals surface area (Å²) in [7, 11) is 0. The molecule has 0 aliphatic heterocycles. The van der Waals surface area contributed by atoms with E-state index >= 15 is 0 Å². The molecule has 1 heterocycles. The van der Waals surface area contributed by atoms with Gasteiger partial charge in [-0.2, -0.15) is 0 Å². The van der Waals surface area contributed by atoms with E-state index in [9.17, 15) is 4.79 Å². The Balaban J connectivity index is 2.51. The van der Waals surface area contributed by atoms with Crippen LogP contribution in [0.1, 0.15) is 25.6 Å². The molecular formula is C9H14N2O2. The SMILES string of the molecule is CC(N)C(=O)NC(C)c1ccco1. The van der Waals surface area contributed by atoms with Crippen molar-refractivity contribution in [1.82, 2.24) is 5.32 Å². The van der Waals surface area contributed by atoms with Gasteiger partial charge in [-0.3, -0.25) is 4.79 Å². The third-order valence-electron chi connectivity index (χ3n) is 1.74. The molecule has 0 aliphatic carbocycles. The average Bonchev–Trinajstić information content (AvgIpc) is 2.55. The van der Waals surface area contributed by atoms with Crippen molar-refractivity contribution < 1.29 is 9.21 Å². The fourth-order valence-electron chi connectivity index (χ4n) is 0.954. The Morgan fingerprint density at radius 2 is 2.31 bits per heavy atom. The first-order chi connectivity index (χ1) is 6.11. The van der Waals surface area contributed by atoms with Crippen molar-refractivity contribution >= 4 is 5.91 Å². The quantitative estimate of drug-likeness (QED) is 0.726. The molecule has 1 aromatic rings. The maximum atomic E-state index is 11.2. The lowest BCUT2D eigenvalue weighted by Crippen LogP contribution is -2.39. The van der Waals surface area contributed by atoms with Crippen molar-refractivity contribution in [3.63, 3.8) is 0 Å². The number of amides is 1. The molecular weight excluding hydrogens is 168 g/mol. The molecule has 0 saturated carbocycles. The Morgan fingerprint density at radius 1 is 1.62 bits per heavy atom. The van der Waals surface area contributed by atoms with E-state index in [-0.39, 0.29) is 11.9 Å². The molecule has 0 bridgehead atoms. The highest BCUT2D eigenvalue weighted by Crippen LogP contribution is 2.11. The minimum absolute atomic E-state index is 0.131. The Hall–Kier alpha value is -1.29. The van der Waals surface area contributed by atoms with Gasteiger partial charge in [-0.05, 0) is 26.0 Å². The van der Waals surface area contributed by atoms with Gasteiger partial charge in [-0.25, -0.2) is 0 Å². The number of hydrogen-bond acceptors (Lipinski definition) is 3. The first-order valence-corrected chi connectivity index (χ1v) is 4.20. The van der Waals surface area contributed by atoms with Gasteiger partial charge in [0.1, 0.15) is 5.76 Å². The summed E-state index contributed by atoms with van der Waals surface area (Å²) in [5.41, 5.74) is 5.39. The molecule has 4 nitrogen and oxygen atoms in total. The summed E-state index contributed by atoms with van der Waals surface area (Å²) < 4.78 is 5.12. The summed E-state index contributed by atoms with van der Waals surface area (Å²) in [4.78, 5) is 11.2. The first-order valence-electron chi connectivity index (χ1n) is 4.20. The third-order valence-corrected chi connectivity index (χ3v) is 1.74. The van der Waals surface area contributed by atoms with Crippen LogP contribution in [0.4, 0.5) is 0 Å². The van der Waals surface area contributed by atoms with Gasteiger partial charge in [0.25, 0.3) is 0 Å². The van der Waals surface area contributed by atoms with Gasteiger partial charge in [0, 0.05) is 0 Å². The van der Waals surface area contributed by atoms with E-state index in [2.05, 4.69) is 5.32 Å². The van der Waals surface area contributed by atoms with E-state index < -0.39 is 6.04 Å². The van der Waals surface area contributed by atoms with E-state index in [1.165, 1.54) is 0 Å². The molecule has 4 heteroatoms. The standard InChI is InChI=1S/C9H14N2O2/c1-6(10)9(12)11-7(2)8-4-3-5-13-8/h3-7H,10H2,1-2H3,(H,11,12). The molecule has 2 unspecified atom stereocenters. The molecule has 0 saturated heterocycles. The highest BCUT2D eigenvalue weighted by Gasteiger charge is 2.13. The topological polar surface area (TPSA) is 68.3 Å². The van der Waals surface area contributed by atoms with Crippen LogP contribution in [0.15, 0.2) is 22.8 Å². The van der Waals surface area contributed by atoms with E-state index in [0.717, 1.165) is 5.76 Å². The van der Waals surface area contributed by atoms with E-state index in [0.29, 0.717) is 0 Å². The van der Waals surface area contributed by atoms with Gasteiger partial charge in [0.2, 0.25) is 5.91 Å². The van der Waals surface area contributed by atoms with Crippen LogP contribution in [0, 0.1) is 0 Å². The Bertz CT molecular complexity index is 267. The monoisotopic (exact) mass is 182 g/mol. The van der Waals surface area contributed by atoms with Crippen molar-refractivity contribution in [3.05, 3.63) is 24.2 Å². The molecule has 72 valence electrons. The lowest BCUT2D eigenvalue weighted by molar-refractivity contribution is -0.122. The zero-order chi connectivity index (χ0) is 9.84. The molecule has 0 aromatic carbocycles. The van der Waals surface area contributed by atoms with Gasteiger partial charge < -0.3 is 15.5 Å². The molecule has 0 radical (unpaired) electrons.